The van der Waals surface area contributed by atoms with E-state index in [0.29, 0.717) is 10.5 Å². The Kier molecular flexibility index (Phi) is 4.44. The molecule has 0 aromatic heterocycles. The average Bonchev–Trinajstić information content (AvgIpc) is 2.45. The lowest BCUT2D eigenvalue weighted by molar-refractivity contribution is 0.0600. The zero-order chi connectivity index (χ0) is 15.4. The molecule has 2 aromatic carbocycles. The van der Waals surface area contributed by atoms with Crippen molar-refractivity contribution in [3.8, 4) is 17.2 Å². The second-order valence-corrected chi connectivity index (χ2v) is 4.96. The van der Waals surface area contributed by atoms with E-state index in [2.05, 4.69) is 9.46 Å². The van der Waals surface area contributed by atoms with E-state index in [1.54, 1.807) is 24.3 Å². The van der Waals surface area contributed by atoms with Crippen molar-refractivity contribution in [2.45, 2.75) is 4.90 Å². The van der Waals surface area contributed by atoms with E-state index >= 15 is 0 Å². The molecule has 0 fully saturated rings. The van der Waals surface area contributed by atoms with Crippen LogP contribution in [0.5, 0.6) is 17.2 Å². The molecule has 0 heterocycles. The summed E-state index contributed by atoms with van der Waals surface area (Å²) in [6, 6.07) is 8.87. The van der Waals surface area contributed by atoms with Gasteiger partial charge >= 0.3 is 5.97 Å². The molecule has 0 bridgehead atoms. The quantitative estimate of drug-likeness (QED) is 0.298. The lowest BCUT2D eigenvalue weighted by Gasteiger charge is -2.10. The molecular weight excluding hydrogens is 294 g/mol. The van der Waals surface area contributed by atoms with Crippen LogP contribution < -0.4 is 4.72 Å². The number of esters is 1. The molecule has 0 radical (unpaired) electrons. The molecule has 0 saturated carbocycles. The number of phenolic OH excluding ortho intramolecular Hbond substituents is 3. The van der Waals surface area contributed by atoms with Gasteiger partial charge in [-0.15, -0.1) is 0 Å². The maximum absolute atomic E-state index is 11.4. The van der Waals surface area contributed by atoms with Crippen molar-refractivity contribution < 1.29 is 24.9 Å². The number of carbonyl (C=O) groups excluding carboxylic acids is 1. The SMILES string of the molecule is COC(=O)c1cccc(SNc2c(O)cc(O)cc2O)c1. The van der Waals surface area contributed by atoms with Crippen LogP contribution in [0.15, 0.2) is 41.3 Å². The van der Waals surface area contributed by atoms with Gasteiger partial charge in [0.25, 0.3) is 0 Å². The number of hydrogen-bond donors (Lipinski definition) is 4. The van der Waals surface area contributed by atoms with Crippen LogP contribution in [0.4, 0.5) is 5.69 Å². The van der Waals surface area contributed by atoms with Gasteiger partial charge in [-0.1, -0.05) is 6.07 Å². The predicted molar refractivity (Wildman–Crippen MR) is 78.7 cm³/mol. The van der Waals surface area contributed by atoms with Crippen LogP contribution in [0.2, 0.25) is 0 Å². The number of aromatic hydroxyl groups is 3. The molecule has 0 amide bonds. The zero-order valence-corrected chi connectivity index (χ0v) is 11.8. The summed E-state index contributed by atoms with van der Waals surface area (Å²) < 4.78 is 7.39. The molecule has 110 valence electrons. The van der Waals surface area contributed by atoms with Gasteiger partial charge < -0.3 is 24.8 Å². The van der Waals surface area contributed by atoms with Gasteiger partial charge in [-0.3, -0.25) is 0 Å². The van der Waals surface area contributed by atoms with E-state index in [-0.39, 0.29) is 22.9 Å². The summed E-state index contributed by atoms with van der Waals surface area (Å²) in [6.07, 6.45) is 0. The van der Waals surface area contributed by atoms with E-state index < -0.39 is 5.97 Å². The fraction of sp³-hybridized carbons (Fsp3) is 0.0714. The maximum atomic E-state index is 11.4. The molecule has 6 nitrogen and oxygen atoms in total. The van der Waals surface area contributed by atoms with E-state index in [1.165, 1.54) is 7.11 Å². The third kappa shape index (κ3) is 3.51. The number of hydrogen-bond acceptors (Lipinski definition) is 7. The summed E-state index contributed by atoms with van der Waals surface area (Å²) in [5.41, 5.74) is 0.463. The van der Waals surface area contributed by atoms with Crippen molar-refractivity contribution in [1.29, 1.82) is 0 Å². The minimum absolute atomic E-state index is 0.0706. The van der Waals surface area contributed by atoms with Crippen molar-refractivity contribution >= 4 is 23.6 Å². The molecule has 0 atom stereocenters. The van der Waals surface area contributed by atoms with E-state index in [4.69, 9.17) is 0 Å². The molecular formula is C14H13NO5S. The summed E-state index contributed by atoms with van der Waals surface area (Å²) in [5, 5.41) is 28.5. The molecule has 0 aliphatic rings. The Morgan fingerprint density at radius 2 is 1.81 bits per heavy atom. The molecule has 2 rings (SSSR count). The first-order valence-electron chi connectivity index (χ1n) is 5.87. The first-order chi connectivity index (χ1) is 10.0. The van der Waals surface area contributed by atoms with Crippen LogP contribution in [-0.2, 0) is 4.74 Å². The molecule has 0 spiro atoms. The smallest absolute Gasteiger partial charge is 0.337 e. The highest BCUT2D eigenvalue weighted by Gasteiger charge is 2.11. The van der Waals surface area contributed by atoms with Gasteiger partial charge in [0.1, 0.15) is 22.9 Å². The largest absolute Gasteiger partial charge is 0.508 e. The van der Waals surface area contributed by atoms with Gasteiger partial charge in [-0.25, -0.2) is 4.79 Å². The Labute approximate surface area is 125 Å². The first kappa shape index (κ1) is 14.9. The summed E-state index contributed by atoms with van der Waals surface area (Å²) >= 11 is 1.09. The standard InChI is InChI=1S/C14H13NO5S/c1-20-14(19)8-3-2-4-10(5-8)21-15-13-11(17)6-9(16)7-12(13)18/h2-7,15-18H,1H3. The highest BCUT2D eigenvalue weighted by molar-refractivity contribution is 8.00. The fourth-order valence-electron chi connectivity index (χ4n) is 1.62. The van der Waals surface area contributed by atoms with Crippen molar-refractivity contribution in [3.63, 3.8) is 0 Å². The normalized spacial score (nSPS) is 10.1. The number of phenols is 3. The number of anilines is 1. The van der Waals surface area contributed by atoms with E-state index in [1.807, 2.05) is 0 Å². The second kappa shape index (κ2) is 6.27. The number of rotatable bonds is 4. The van der Waals surface area contributed by atoms with Crippen LogP contribution >= 0.6 is 11.9 Å². The monoisotopic (exact) mass is 307 g/mol. The molecule has 7 heteroatoms. The number of benzene rings is 2. The lowest BCUT2D eigenvalue weighted by atomic mass is 10.2. The average molecular weight is 307 g/mol. The third-order valence-electron chi connectivity index (χ3n) is 2.61. The van der Waals surface area contributed by atoms with Gasteiger partial charge in [-0.05, 0) is 30.1 Å². The Bertz CT molecular complexity index is 651. The Hall–Kier alpha value is -2.54. The van der Waals surface area contributed by atoms with Crippen molar-refractivity contribution in [2.24, 2.45) is 0 Å². The van der Waals surface area contributed by atoms with Crippen LogP contribution in [0.25, 0.3) is 0 Å². The van der Waals surface area contributed by atoms with Gasteiger partial charge in [0.2, 0.25) is 0 Å². The van der Waals surface area contributed by atoms with Crippen LogP contribution in [-0.4, -0.2) is 28.4 Å². The van der Waals surface area contributed by atoms with Crippen molar-refractivity contribution in [1.82, 2.24) is 0 Å². The first-order valence-corrected chi connectivity index (χ1v) is 6.69. The number of methoxy groups -OCH3 is 1. The summed E-state index contributed by atoms with van der Waals surface area (Å²) in [6.45, 7) is 0. The second-order valence-electron chi connectivity index (χ2n) is 4.08. The van der Waals surface area contributed by atoms with Crippen LogP contribution in [0.1, 0.15) is 10.4 Å². The van der Waals surface area contributed by atoms with Crippen molar-refractivity contribution in [2.75, 3.05) is 11.8 Å². The predicted octanol–water partition coefficient (Wildman–Crippen LogP) is 2.71. The van der Waals surface area contributed by atoms with Crippen LogP contribution in [0, 0.1) is 0 Å². The van der Waals surface area contributed by atoms with E-state index in [9.17, 15) is 20.1 Å². The fourth-order valence-corrected chi connectivity index (χ4v) is 2.38. The van der Waals surface area contributed by atoms with Gasteiger partial charge in [0.05, 0.1) is 12.7 Å². The minimum atomic E-state index is -0.451. The Balaban J connectivity index is 2.15. The Morgan fingerprint density at radius 3 is 2.43 bits per heavy atom. The summed E-state index contributed by atoms with van der Waals surface area (Å²) in [4.78, 5) is 12.1. The third-order valence-corrected chi connectivity index (χ3v) is 3.40. The molecule has 21 heavy (non-hydrogen) atoms. The van der Waals surface area contributed by atoms with E-state index in [0.717, 1.165) is 24.1 Å². The lowest BCUT2D eigenvalue weighted by Crippen LogP contribution is -2.00. The van der Waals surface area contributed by atoms with Gasteiger partial charge in [0, 0.05) is 17.0 Å². The highest BCUT2D eigenvalue weighted by atomic mass is 32.2. The molecule has 0 saturated heterocycles. The molecule has 4 N–H and O–H groups in total. The van der Waals surface area contributed by atoms with Gasteiger partial charge in [0.15, 0.2) is 0 Å². The molecule has 0 aliphatic heterocycles. The minimum Gasteiger partial charge on any atom is -0.508 e. The van der Waals surface area contributed by atoms with Crippen LogP contribution in [0.3, 0.4) is 0 Å². The molecule has 0 unspecified atom stereocenters. The molecule has 0 aliphatic carbocycles. The summed E-state index contributed by atoms with van der Waals surface area (Å²) in [7, 11) is 1.30. The number of carbonyl (C=O) groups is 1. The zero-order valence-electron chi connectivity index (χ0n) is 11.0. The number of nitrogens with one attached hydrogen (secondary N) is 1. The Morgan fingerprint density at radius 1 is 1.14 bits per heavy atom. The van der Waals surface area contributed by atoms with Gasteiger partial charge in [-0.2, -0.15) is 0 Å². The topological polar surface area (TPSA) is 99.0 Å². The maximum Gasteiger partial charge on any atom is 0.337 e. The molecule has 2 aromatic rings. The highest BCUT2D eigenvalue weighted by Crippen LogP contribution is 2.39. The number of ether oxygens (including phenoxy) is 1. The summed E-state index contributed by atoms with van der Waals surface area (Å²) in [5.74, 6) is -1.27. The van der Waals surface area contributed by atoms with Crippen molar-refractivity contribution in [3.05, 3.63) is 42.0 Å².